The molecular formula is C40H37N. The van der Waals surface area contributed by atoms with Crippen molar-refractivity contribution >= 4 is 32.8 Å². The highest BCUT2D eigenvalue weighted by atomic mass is 15.2. The minimum atomic E-state index is -0.115. The van der Waals surface area contributed by atoms with Crippen molar-refractivity contribution in [2.75, 3.05) is 11.9 Å². The summed E-state index contributed by atoms with van der Waals surface area (Å²) < 4.78 is 0. The lowest BCUT2D eigenvalue weighted by molar-refractivity contribution is 0.578. The minimum absolute atomic E-state index is 0.0793. The fourth-order valence-corrected chi connectivity index (χ4v) is 7.69. The molecule has 1 heteroatoms. The second kappa shape index (κ2) is 9.35. The Morgan fingerprint density at radius 3 is 2.02 bits per heavy atom. The summed E-state index contributed by atoms with van der Waals surface area (Å²) in [6, 6.07) is 37.8. The molecule has 0 amide bonds. The van der Waals surface area contributed by atoms with E-state index in [2.05, 4.69) is 161 Å². The number of allylic oxidation sites excluding steroid dienone is 6. The second-order valence-corrected chi connectivity index (χ2v) is 12.5. The van der Waals surface area contributed by atoms with Gasteiger partial charge < -0.3 is 4.90 Å². The Morgan fingerprint density at radius 1 is 0.683 bits per heavy atom. The topological polar surface area (TPSA) is 3.24 Å². The predicted molar refractivity (Wildman–Crippen MR) is 177 cm³/mol. The normalized spacial score (nSPS) is 20.5. The molecule has 7 rings (SSSR count). The third-order valence-electron chi connectivity index (χ3n) is 9.73. The minimum Gasteiger partial charge on any atom is -0.347 e. The van der Waals surface area contributed by atoms with Crippen LogP contribution in [0.3, 0.4) is 0 Å². The van der Waals surface area contributed by atoms with Gasteiger partial charge in [0.2, 0.25) is 0 Å². The van der Waals surface area contributed by atoms with E-state index in [-0.39, 0.29) is 10.8 Å². The van der Waals surface area contributed by atoms with Gasteiger partial charge in [-0.3, -0.25) is 0 Å². The number of likely N-dealkylation sites (N-methyl/N-ethyl adjacent to an activating group) is 1. The summed E-state index contributed by atoms with van der Waals surface area (Å²) in [6.45, 7) is 9.46. The summed E-state index contributed by atoms with van der Waals surface area (Å²) >= 11 is 0. The van der Waals surface area contributed by atoms with Gasteiger partial charge in [0.1, 0.15) is 0 Å². The summed E-state index contributed by atoms with van der Waals surface area (Å²) in [6.07, 6.45) is 8.01. The molecule has 0 spiro atoms. The zero-order valence-corrected chi connectivity index (χ0v) is 24.7. The monoisotopic (exact) mass is 531 g/mol. The highest BCUT2D eigenvalue weighted by Crippen LogP contribution is 2.52. The number of anilines is 1. The third-order valence-corrected chi connectivity index (χ3v) is 9.73. The lowest BCUT2D eigenvalue weighted by Gasteiger charge is -2.29. The maximum atomic E-state index is 2.44. The van der Waals surface area contributed by atoms with E-state index < -0.39 is 0 Å². The van der Waals surface area contributed by atoms with Crippen molar-refractivity contribution in [1.82, 2.24) is 0 Å². The highest BCUT2D eigenvalue weighted by Gasteiger charge is 2.41. The van der Waals surface area contributed by atoms with Crippen LogP contribution in [-0.2, 0) is 17.3 Å². The first-order chi connectivity index (χ1) is 19.8. The van der Waals surface area contributed by atoms with Crippen LogP contribution in [-0.4, -0.2) is 7.05 Å². The molecule has 0 radical (unpaired) electrons. The maximum absolute atomic E-state index is 2.44. The summed E-state index contributed by atoms with van der Waals surface area (Å²) in [5.74, 6) is 0. The standard InChI is InChI=1S/C40H37N/c1-27-33(20-13-21-36-39(2,3)35-25-23-30-17-10-12-19-32(30)38(35)41(36)5)40(4,26-28-14-7-6-8-15-28)34-24-22-29-16-9-11-18-31(29)37(27)34/h6-25H,26H2,1-5H3/b20-13+,36-21+. The van der Waals surface area contributed by atoms with Crippen molar-refractivity contribution in [2.24, 2.45) is 0 Å². The zero-order chi connectivity index (χ0) is 28.4. The van der Waals surface area contributed by atoms with Crippen LogP contribution in [0.4, 0.5) is 5.69 Å². The lowest BCUT2D eigenvalue weighted by Crippen LogP contribution is -2.25. The van der Waals surface area contributed by atoms with E-state index in [1.807, 2.05) is 0 Å². The van der Waals surface area contributed by atoms with E-state index >= 15 is 0 Å². The van der Waals surface area contributed by atoms with Crippen molar-refractivity contribution in [2.45, 2.75) is 44.9 Å². The molecule has 5 aromatic rings. The Morgan fingerprint density at radius 2 is 1.29 bits per heavy atom. The lowest BCUT2D eigenvalue weighted by atomic mass is 9.74. The number of benzene rings is 5. The molecule has 0 fully saturated rings. The van der Waals surface area contributed by atoms with Gasteiger partial charge >= 0.3 is 0 Å². The molecule has 1 aliphatic heterocycles. The van der Waals surface area contributed by atoms with E-state index in [0.717, 1.165) is 6.42 Å². The number of nitrogens with zero attached hydrogens (tertiary/aromatic N) is 1. The van der Waals surface area contributed by atoms with Crippen LogP contribution in [0.25, 0.3) is 27.1 Å². The number of hydrogen-bond acceptors (Lipinski definition) is 1. The van der Waals surface area contributed by atoms with Crippen LogP contribution in [0, 0.1) is 0 Å². The molecule has 1 heterocycles. The van der Waals surface area contributed by atoms with Crippen LogP contribution in [0.2, 0.25) is 0 Å². The average Bonchev–Trinajstić information content (AvgIpc) is 3.32. The first-order valence-electron chi connectivity index (χ1n) is 14.7. The maximum Gasteiger partial charge on any atom is 0.0527 e. The van der Waals surface area contributed by atoms with Crippen molar-refractivity contribution in [3.8, 4) is 0 Å². The van der Waals surface area contributed by atoms with Crippen LogP contribution in [0.5, 0.6) is 0 Å². The fourth-order valence-electron chi connectivity index (χ4n) is 7.69. The largest absolute Gasteiger partial charge is 0.347 e. The molecule has 5 aromatic carbocycles. The molecule has 0 aromatic heterocycles. The molecule has 0 bridgehead atoms. The molecule has 1 atom stereocenters. The summed E-state index contributed by atoms with van der Waals surface area (Å²) in [7, 11) is 2.22. The molecule has 0 N–H and O–H groups in total. The molecule has 0 saturated carbocycles. The first-order valence-corrected chi connectivity index (χ1v) is 14.7. The van der Waals surface area contributed by atoms with Gasteiger partial charge in [-0.25, -0.2) is 0 Å². The van der Waals surface area contributed by atoms with E-state index in [1.54, 1.807) is 0 Å². The number of fused-ring (bicyclic) bond motifs is 6. The van der Waals surface area contributed by atoms with Crippen LogP contribution >= 0.6 is 0 Å². The van der Waals surface area contributed by atoms with Gasteiger partial charge in [0.05, 0.1) is 5.69 Å². The molecular weight excluding hydrogens is 494 g/mol. The second-order valence-electron chi connectivity index (χ2n) is 12.5. The summed E-state index contributed by atoms with van der Waals surface area (Å²) in [5, 5.41) is 5.26. The van der Waals surface area contributed by atoms with Crippen LogP contribution < -0.4 is 4.90 Å². The Labute approximate surface area is 244 Å². The van der Waals surface area contributed by atoms with Crippen molar-refractivity contribution in [1.29, 1.82) is 0 Å². The van der Waals surface area contributed by atoms with Gasteiger partial charge in [-0.2, -0.15) is 0 Å². The number of hydrogen-bond donors (Lipinski definition) is 0. The first kappa shape index (κ1) is 25.6. The average molecular weight is 532 g/mol. The molecule has 1 aliphatic carbocycles. The highest BCUT2D eigenvalue weighted by molar-refractivity contribution is 6.00. The van der Waals surface area contributed by atoms with Gasteiger partial charge in [0.15, 0.2) is 0 Å². The van der Waals surface area contributed by atoms with Crippen molar-refractivity contribution < 1.29 is 0 Å². The van der Waals surface area contributed by atoms with E-state index in [9.17, 15) is 0 Å². The Hall–Kier alpha value is -4.36. The van der Waals surface area contributed by atoms with E-state index in [1.165, 1.54) is 66.3 Å². The smallest absolute Gasteiger partial charge is 0.0527 e. The molecule has 41 heavy (non-hydrogen) atoms. The van der Waals surface area contributed by atoms with Crippen molar-refractivity contribution in [3.63, 3.8) is 0 Å². The summed E-state index contributed by atoms with van der Waals surface area (Å²) in [5.41, 5.74) is 10.9. The SMILES string of the molecule is CC1=C(/C=C/C=C2/N(C)c3c(ccc4ccccc34)C2(C)C)C(C)(Cc2ccccc2)c2ccc3ccccc3c21. The van der Waals surface area contributed by atoms with Gasteiger partial charge in [0, 0.05) is 29.0 Å². The molecule has 202 valence electrons. The fraction of sp³-hybridized carbons (Fsp3) is 0.200. The zero-order valence-electron chi connectivity index (χ0n) is 24.7. The molecule has 1 unspecified atom stereocenters. The Balaban J connectivity index is 1.34. The molecule has 2 aliphatic rings. The van der Waals surface area contributed by atoms with Crippen LogP contribution in [0.15, 0.2) is 133 Å². The third kappa shape index (κ3) is 3.83. The van der Waals surface area contributed by atoms with E-state index in [4.69, 9.17) is 0 Å². The van der Waals surface area contributed by atoms with Gasteiger partial charge in [-0.15, -0.1) is 0 Å². The molecule has 1 nitrogen and oxygen atoms in total. The number of rotatable bonds is 4. The van der Waals surface area contributed by atoms with Gasteiger partial charge in [-0.05, 0) is 69.0 Å². The Kier molecular flexibility index (Phi) is 5.84. The van der Waals surface area contributed by atoms with Crippen molar-refractivity contribution in [3.05, 3.63) is 155 Å². The quantitative estimate of drug-likeness (QED) is 0.223. The Bertz CT molecular complexity index is 1920. The van der Waals surface area contributed by atoms with Gasteiger partial charge in [0.25, 0.3) is 0 Å². The van der Waals surface area contributed by atoms with Gasteiger partial charge in [-0.1, -0.05) is 136 Å². The van der Waals surface area contributed by atoms with E-state index in [0.29, 0.717) is 0 Å². The molecule has 0 saturated heterocycles. The summed E-state index contributed by atoms with van der Waals surface area (Å²) in [4.78, 5) is 2.41. The predicted octanol–water partition coefficient (Wildman–Crippen LogP) is 10.1. The van der Waals surface area contributed by atoms with Crippen LogP contribution in [0.1, 0.15) is 49.9 Å².